The maximum absolute atomic E-state index is 11.7. The predicted molar refractivity (Wildman–Crippen MR) is 88.8 cm³/mol. The van der Waals surface area contributed by atoms with Gasteiger partial charge in [-0.3, -0.25) is 4.79 Å². The van der Waals surface area contributed by atoms with E-state index in [1.54, 1.807) is 0 Å². The number of carboxylic acid groups (broad SMARTS) is 1. The number of aliphatic carboxylic acids is 1. The zero-order valence-corrected chi connectivity index (χ0v) is 14.4. The van der Waals surface area contributed by atoms with E-state index in [1.165, 1.54) is 12.0 Å². The summed E-state index contributed by atoms with van der Waals surface area (Å²) in [7, 11) is 0. The highest BCUT2D eigenvalue weighted by atomic mass is 16.4. The van der Waals surface area contributed by atoms with Crippen molar-refractivity contribution in [1.29, 1.82) is 0 Å². The summed E-state index contributed by atoms with van der Waals surface area (Å²) >= 11 is 0. The van der Waals surface area contributed by atoms with Crippen LogP contribution in [0.25, 0.3) is 0 Å². The number of allylic oxidation sites excluding steroid dienone is 1. The summed E-state index contributed by atoms with van der Waals surface area (Å²) in [4.78, 5) is 11.7. The molecule has 4 rings (SSSR count). The molecular weight excluding hydrogens is 288 g/mol. The minimum Gasteiger partial charge on any atom is -0.481 e. The summed E-state index contributed by atoms with van der Waals surface area (Å²) in [6.07, 6.45) is 10.5. The first-order chi connectivity index (χ1) is 10.9. The monoisotopic (exact) mass is 318 g/mol. The Kier molecular flexibility index (Phi) is 3.46. The molecule has 4 aliphatic rings. The van der Waals surface area contributed by atoms with Crippen LogP contribution >= 0.6 is 0 Å². The summed E-state index contributed by atoms with van der Waals surface area (Å²) < 4.78 is 0. The van der Waals surface area contributed by atoms with Gasteiger partial charge in [-0.15, -0.1) is 0 Å². The van der Waals surface area contributed by atoms with E-state index in [-0.39, 0.29) is 22.9 Å². The van der Waals surface area contributed by atoms with Crippen molar-refractivity contribution in [3.8, 4) is 0 Å². The molecule has 0 aromatic rings. The van der Waals surface area contributed by atoms with Crippen LogP contribution in [0, 0.1) is 34.5 Å². The van der Waals surface area contributed by atoms with Crippen molar-refractivity contribution in [2.24, 2.45) is 34.5 Å². The van der Waals surface area contributed by atoms with Crippen LogP contribution in [0.5, 0.6) is 0 Å². The quantitative estimate of drug-likeness (QED) is 0.718. The molecule has 2 N–H and O–H groups in total. The van der Waals surface area contributed by atoms with Crippen molar-refractivity contribution in [1.82, 2.24) is 0 Å². The van der Waals surface area contributed by atoms with E-state index in [0.29, 0.717) is 17.8 Å². The highest BCUT2D eigenvalue weighted by Crippen LogP contribution is 2.66. The van der Waals surface area contributed by atoms with E-state index in [1.807, 2.05) is 0 Å². The zero-order chi connectivity index (χ0) is 16.4. The van der Waals surface area contributed by atoms with Crippen LogP contribution in [0.15, 0.2) is 11.6 Å². The molecule has 4 aliphatic carbocycles. The van der Waals surface area contributed by atoms with Gasteiger partial charge in [0.2, 0.25) is 0 Å². The number of carbonyl (C=O) groups is 1. The maximum atomic E-state index is 11.7. The summed E-state index contributed by atoms with van der Waals surface area (Å²) in [5, 5.41) is 19.7. The largest absolute Gasteiger partial charge is 0.481 e. The smallest absolute Gasteiger partial charge is 0.307 e. The lowest BCUT2D eigenvalue weighted by Gasteiger charge is -2.57. The Morgan fingerprint density at radius 3 is 2.65 bits per heavy atom. The molecular formula is C20H30O3. The molecule has 3 heteroatoms. The van der Waals surface area contributed by atoms with Crippen molar-refractivity contribution in [3.05, 3.63) is 11.6 Å². The Labute approximate surface area is 139 Å². The standard InChI is InChI=1S/C20H30O3/c1-19-9-7-13(21)11-12(19)3-4-14-15-5-6-17(18(22)23)20(15,2)10-8-16(14)19/h3,13-17,21H,4-11H2,1-2H3,(H,22,23)/t13-,14-,15-,16-,17+,19-,20-/m1/s1. The molecule has 7 atom stereocenters. The average Bonchev–Trinajstić information content (AvgIpc) is 2.85. The second-order valence-corrected chi connectivity index (χ2v) is 9.17. The van der Waals surface area contributed by atoms with Gasteiger partial charge in [0.25, 0.3) is 0 Å². The number of hydrogen-bond acceptors (Lipinski definition) is 2. The topological polar surface area (TPSA) is 57.5 Å². The SMILES string of the molecule is C[C@@]12CC[C@@H]3[C@H](CC=C4C[C@H](O)CC[C@]43C)[C@H]1CC[C@H]2C(=O)O. The van der Waals surface area contributed by atoms with Gasteiger partial charge >= 0.3 is 5.97 Å². The predicted octanol–water partition coefficient (Wildman–Crippen LogP) is 4.01. The first-order valence-electron chi connectivity index (χ1n) is 9.46. The number of aliphatic hydroxyl groups excluding tert-OH is 1. The van der Waals surface area contributed by atoms with Crippen LogP contribution in [0.1, 0.15) is 65.2 Å². The third kappa shape index (κ3) is 2.08. The third-order valence-electron chi connectivity index (χ3n) is 8.38. The minimum absolute atomic E-state index is 0.00286. The lowest BCUT2D eigenvalue weighted by molar-refractivity contribution is -0.148. The second kappa shape index (κ2) is 5.08. The highest BCUT2D eigenvalue weighted by Gasteiger charge is 2.59. The highest BCUT2D eigenvalue weighted by molar-refractivity contribution is 5.71. The Balaban J connectivity index is 1.66. The number of aliphatic hydroxyl groups is 1. The van der Waals surface area contributed by atoms with E-state index in [2.05, 4.69) is 19.9 Å². The summed E-state index contributed by atoms with van der Waals surface area (Å²) in [6.45, 7) is 4.68. The number of hydrogen-bond donors (Lipinski definition) is 2. The van der Waals surface area contributed by atoms with Crippen LogP contribution in [-0.2, 0) is 4.79 Å². The lowest BCUT2D eigenvalue weighted by atomic mass is 9.47. The zero-order valence-electron chi connectivity index (χ0n) is 14.4. The van der Waals surface area contributed by atoms with Crippen molar-refractivity contribution in [3.63, 3.8) is 0 Å². The Morgan fingerprint density at radius 1 is 1.13 bits per heavy atom. The molecule has 0 aromatic carbocycles. The maximum Gasteiger partial charge on any atom is 0.307 e. The van der Waals surface area contributed by atoms with Crippen LogP contribution < -0.4 is 0 Å². The summed E-state index contributed by atoms with van der Waals surface area (Å²) in [5.74, 6) is 1.21. The molecule has 3 saturated carbocycles. The Bertz CT molecular complexity index is 553. The fourth-order valence-electron chi connectivity index (χ4n) is 7.05. The molecule has 0 radical (unpaired) electrons. The number of fused-ring (bicyclic) bond motifs is 5. The molecule has 0 heterocycles. The molecule has 23 heavy (non-hydrogen) atoms. The summed E-state index contributed by atoms with van der Waals surface area (Å²) in [6, 6.07) is 0. The molecule has 128 valence electrons. The first kappa shape index (κ1) is 15.7. The molecule has 3 fully saturated rings. The molecule has 3 nitrogen and oxygen atoms in total. The van der Waals surface area contributed by atoms with E-state index < -0.39 is 5.97 Å². The van der Waals surface area contributed by atoms with Crippen molar-refractivity contribution in [2.75, 3.05) is 0 Å². The van der Waals surface area contributed by atoms with Crippen LogP contribution in [-0.4, -0.2) is 22.3 Å². The Morgan fingerprint density at radius 2 is 1.91 bits per heavy atom. The van der Waals surface area contributed by atoms with Gasteiger partial charge < -0.3 is 10.2 Å². The van der Waals surface area contributed by atoms with Gasteiger partial charge in [0.15, 0.2) is 0 Å². The normalized spacial score (nSPS) is 52.1. The molecule has 0 spiro atoms. The van der Waals surface area contributed by atoms with Gasteiger partial charge in [0.05, 0.1) is 12.0 Å². The molecule has 0 aromatic heterocycles. The first-order valence-corrected chi connectivity index (χ1v) is 9.46. The summed E-state index contributed by atoms with van der Waals surface area (Å²) in [5.41, 5.74) is 1.75. The third-order valence-corrected chi connectivity index (χ3v) is 8.38. The molecule has 0 unspecified atom stereocenters. The van der Waals surface area contributed by atoms with Gasteiger partial charge in [0, 0.05) is 0 Å². The van der Waals surface area contributed by atoms with Gasteiger partial charge in [0.1, 0.15) is 0 Å². The number of rotatable bonds is 1. The van der Waals surface area contributed by atoms with E-state index in [0.717, 1.165) is 44.9 Å². The molecule has 0 bridgehead atoms. The molecule has 0 aliphatic heterocycles. The van der Waals surface area contributed by atoms with Crippen molar-refractivity contribution in [2.45, 2.75) is 71.3 Å². The van der Waals surface area contributed by atoms with Gasteiger partial charge in [-0.2, -0.15) is 0 Å². The van der Waals surface area contributed by atoms with Crippen LogP contribution in [0.4, 0.5) is 0 Å². The minimum atomic E-state index is -0.576. The molecule has 0 amide bonds. The van der Waals surface area contributed by atoms with E-state index in [9.17, 15) is 15.0 Å². The van der Waals surface area contributed by atoms with Gasteiger partial charge in [-0.1, -0.05) is 25.5 Å². The fraction of sp³-hybridized carbons (Fsp3) is 0.850. The second-order valence-electron chi connectivity index (χ2n) is 9.17. The average molecular weight is 318 g/mol. The van der Waals surface area contributed by atoms with Gasteiger partial charge in [-0.25, -0.2) is 0 Å². The van der Waals surface area contributed by atoms with Gasteiger partial charge in [-0.05, 0) is 80.0 Å². The van der Waals surface area contributed by atoms with Crippen molar-refractivity contribution >= 4 is 5.97 Å². The van der Waals surface area contributed by atoms with Crippen molar-refractivity contribution < 1.29 is 15.0 Å². The lowest BCUT2D eigenvalue weighted by Crippen LogP contribution is -2.51. The van der Waals surface area contributed by atoms with Crippen LogP contribution in [0.2, 0.25) is 0 Å². The van der Waals surface area contributed by atoms with E-state index >= 15 is 0 Å². The molecule has 0 saturated heterocycles. The Hall–Kier alpha value is -0.830. The van der Waals surface area contributed by atoms with Crippen LogP contribution in [0.3, 0.4) is 0 Å². The van der Waals surface area contributed by atoms with E-state index in [4.69, 9.17) is 0 Å². The fourth-order valence-corrected chi connectivity index (χ4v) is 7.05. The number of carboxylic acids is 1.